The quantitative estimate of drug-likeness (QED) is 0.850. The lowest BCUT2D eigenvalue weighted by molar-refractivity contribution is 0.288. The van der Waals surface area contributed by atoms with Crippen molar-refractivity contribution >= 4 is 17.2 Å². The highest BCUT2D eigenvalue weighted by molar-refractivity contribution is 5.63. The zero-order chi connectivity index (χ0) is 15.2. The maximum Gasteiger partial charge on any atom is 0.163 e. The third-order valence-electron chi connectivity index (χ3n) is 2.97. The predicted molar refractivity (Wildman–Crippen MR) is 85.4 cm³/mol. The van der Waals surface area contributed by atoms with E-state index in [-0.39, 0.29) is 0 Å². The number of aryl methyl sites for hydroxylation is 1. The molecule has 0 spiro atoms. The predicted octanol–water partition coefficient (Wildman–Crippen LogP) is 3.51. The van der Waals surface area contributed by atoms with E-state index >= 15 is 0 Å². The Balaban J connectivity index is 2.23. The number of nitrogens with one attached hydrogen (secondary N) is 1. The standard InChI is InChI=1S/C16H21N3O2/c1-4-20-14-7-6-12(9-15(14)21-5-2)19-16-8-11(3)13(17)10-18-16/h6-10H,4-5,17H2,1-3H3,(H,18,19). The second-order valence-corrected chi connectivity index (χ2v) is 4.58. The molecule has 112 valence electrons. The molecule has 5 heteroatoms. The van der Waals surface area contributed by atoms with Crippen molar-refractivity contribution in [2.45, 2.75) is 20.8 Å². The van der Waals surface area contributed by atoms with E-state index in [0.717, 1.165) is 28.6 Å². The molecular weight excluding hydrogens is 266 g/mol. The van der Waals surface area contributed by atoms with Gasteiger partial charge in [-0.25, -0.2) is 4.98 Å². The molecular formula is C16H21N3O2. The molecule has 1 aromatic carbocycles. The summed E-state index contributed by atoms with van der Waals surface area (Å²) < 4.78 is 11.2. The van der Waals surface area contributed by atoms with Crippen molar-refractivity contribution < 1.29 is 9.47 Å². The van der Waals surface area contributed by atoms with Crippen molar-refractivity contribution in [2.75, 3.05) is 24.3 Å². The number of hydrogen-bond donors (Lipinski definition) is 2. The summed E-state index contributed by atoms with van der Waals surface area (Å²) in [6.07, 6.45) is 1.65. The van der Waals surface area contributed by atoms with Crippen LogP contribution in [0.4, 0.5) is 17.2 Å². The molecule has 0 atom stereocenters. The van der Waals surface area contributed by atoms with Crippen molar-refractivity contribution in [3.05, 3.63) is 36.0 Å². The van der Waals surface area contributed by atoms with Gasteiger partial charge >= 0.3 is 0 Å². The van der Waals surface area contributed by atoms with E-state index in [2.05, 4.69) is 10.3 Å². The maximum absolute atomic E-state index is 5.77. The third-order valence-corrected chi connectivity index (χ3v) is 2.97. The summed E-state index contributed by atoms with van der Waals surface area (Å²) in [4.78, 5) is 4.26. The zero-order valence-corrected chi connectivity index (χ0v) is 12.6. The van der Waals surface area contributed by atoms with E-state index in [1.807, 2.05) is 45.0 Å². The monoisotopic (exact) mass is 287 g/mol. The number of rotatable bonds is 6. The van der Waals surface area contributed by atoms with Gasteiger partial charge in [-0.1, -0.05) is 0 Å². The second kappa shape index (κ2) is 6.83. The first-order valence-electron chi connectivity index (χ1n) is 7.02. The number of benzene rings is 1. The molecule has 5 nitrogen and oxygen atoms in total. The second-order valence-electron chi connectivity index (χ2n) is 4.58. The van der Waals surface area contributed by atoms with Gasteiger partial charge in [0, 0.05) is 11.8 Å². The smallest absolute Gasteiger partial charge is 0.163 e. The molecule has 0 unspecified atom stereocenters. The van der Waals surface area contributed by atoms with Gasteiger partial charge in [0.15, 0.2) is 11.5 Å². The van der Waals surface area contributed by atoms with Crippen LogP contribution in [-0.4, -0.2) is 18.2 Å². The number of pyridine rings is 1. The molecule has 0 aliphatic carbocycles. The Morgan fingerprint density at radius 3 is 2.48 bits per heavy atom. The van der Waals surface area contributed by atoms with Gasteiger partial charge in [0.05, 0.1) is 25.1 Å². The number of nitrogens with two attached hydrogens (primary N) is 1. The van der Waals surface area contributed by atoms with Crippen LogP contribution >= 0.6 is 0 Å². The molecule has 21 heavy (non-hydrogen) atoms. The van der Waals surface area contributed by atoms with Crippen molar-refractivity contribution in [1.82, 2.24) is 4.98 Å². The van der Waals surface area contributed by atoms with Crippen molar-refractivity contribution in [1.29, 1.82) is 0 Å². The summed E-state index contributed by atoms with van der Waals surface area (Å²) in [5.41, 5.74) is 8.33. The van der Waals surface area contributed by atoms with E-state index < -0.39 is 0 Å². The summed E-state index contributed by atoms with van der Waals surface area (Å²) in [5, 5.41) is 3.24. The van der Waals surface area contributed by atoms with Crippen LogP contribution in [0.25, 0.3) is 0 Å². The van der Waals surface area contributed by atoms with Crippen molar-refractivity contribution in [2.24, 2.45) is 0 Å². The van der Waals surface area contributed by atoms with E-state index in [9.17, 15) is 0 Å². The molecule has 1 heterocycles. The van der Waals surface area contributed by atoms with Gasteiger partial charge in [-0.15, -0.1) is 0 Å². The summed E-state index contributed by atoms with van der Waals surface area (Å²) >= 11 is 0. The molecule has 1 aromatic heterocycles. The third kappa shape index (κ3) is 3.78. The van der Waals surface area contributed by atoms with Gasteiger partial charge in [-0.3, -0.25) is 0 Å². The summed E-state index contributed by atoms with van der Waals surface area (Å²) in [7, 11) is 0. The molecule has 2 aromatic rings. The molecule has 0 fully saturated rings. The van der Waals surface area contributed by atoms with Crippen LogP contribution < -0.4 is 20.5 Å². The Morgan fingerprint density at radius 1 is 1.10 bits per heavy atom. The lowest BCUT2D eigenvalue weighted by atomic mass is 10.2. The van der Waals surface area contributed by atoms with E-state index in [0.29, 0.717) is 18.9 Å². The molecule has 2 rings (SSSR count). The van der Waals surface area contributed by atoms with Crippen LogP contribution in [0.15, 0.2) is 30.5 Å². The molecule has 0 aliphatic heterocycles. The highest BCUT2D eigenvalue weighted by Gasteiger charge is 2.07. The first-order chi connectivity index (χ1) is 10.1. The highest BCUT2D eigenvalue weighted by Crippen LogP contribution is 2.31. The molecule has 0 radical (unpaired) electrons. The van der Waals surface area contributed by atoms with E-state index in [4.69, 9.17) is 15.2 Å². The molecule has 3 N–H and O–H groups in total. The lowest BCUT2D eigenvalue weighted by Gasteiger charge is -2.13. The fourth-order valence-electron chi connectivity index (χ4n) is 1.91. The first kappa shape index (κ1) is 15.0. The number of ether oxygens (including phenoxy) is 2. The topological polar surface area (TPSA) is 69.4 Å². The first-order valence-corrected chi connectivity index (χ1v) is 7.02. The Bertz CT molecular complexity index is 614. The molecule has 0 bridgehead atoms. The minimum atomic E-state index is 0.586. The average Bonchev–Trinajstić information content (AvgIpc) is 2.46. The largest absolute Gasteiger partial charge is 0.490 e. The van der Waals surface area contributed by atoms with Gasteiger partial charge in [-0.05, 0) is 44.5 Å². The van der Waals surface area contributed by atoms with Crippen molar-refractivity contribution in [3.8, 4) is 11.5 Å². The fourth-order valence-corrected chi connectivity index (χ4v) is 1.91. The van der Waals surface area contributed by atoms with E-state index in [1.54, 1.807) is 6.20 Å². The van der Waals surface area contributed by atoms with Crippen LogP contribution in [0, 0.1) is 6.92 Å². The molecule has 0 saturated carbocycles. The van der Waals surface area contributed by atoms with Crippen LogP contribution in [0.2, 0.25) is 0 Å². The van der Waals surface area contributed by atoms with Crippen LogP contribution in [-0.2, 0) is 0 Å². The maximum atomic E-state index is 5.77. The van der Waals surface area contributed by atoms with Gasteiger partial charge in [0.1, 0.15) is 5.82 Å². The Labute approximate surface area is 125 Å². The minimum Gasteiger partial charge on any atom is -0.490 e. The number of nitrogen functional groups attached to an aromatic ring is 1. The highest BCUT2D eigenvalue weighted by atomic mass is 16.5. The van der Waals surface area contributed by atoms with Gasteiger partial charge < -0.3 is 20.5 Å². The zero-order valence-electron chi connectivity index (χ0n) is 12.6. The Kier molecular flexibility index (Phi) is 4.87. The number of hydrogen-bond acceptors (Lipinski definition) is 5. The molecule has 0 amide bonds. The SMILES string of the molecule is CCOc1ccc(Nc2cc(C)c(N)cn2)cc1OCC. The molecule has 0 aliphatic rings. The number of aromatic nitrogens is 1. The summed E-state index contributed by atoms with van der Waals surface area (Å²) in [6.45, 7) is 7.03. The van der Waals surface area contributed by atoms with Gasteiger partial charge in [-0.2, -0.15) is 0 Å². The molecule has 0 saturated heterocycles. The number of nitrogens with zero attached hydrogens (tertiary/aromatic N) is 1. The van der Waals surface area contributed by atoms with Crippen LogP contribution in [0.3, 0.4) is 0 Å². The minimum absolute atomic E-state index is 0.586. The van der Waals surface area contributed by atoms with Crippen LogP contribution in [0.5, 0.6) is 11.5 Å². The Hall–Kier alpha value is -2.43. The van der Waals surface area contributed by atoms with Gasteiger partial charge in [0.2, 0.25) is 0 Å². The summed E-state index contributed by atoms with van der Waals surface area (Å²) in [5.74, 6) is 2.20. The fraction of sp³-hybridized carbons (Fsp3) is 0.312. The van der Waals surface area contributed by atoms with Gasteiger partial charge in [0.25, 0.3) is 0 Å². The van der Waals surface area contributed by atoms with E-state index in [1.165, 1.54) is 0 Å². The Morgan fingerprint density at radius 2 is 1.81 bits per heavy atom. The average molecular weight is 287 g/mol. The van der Waals surface area contributed by atoms with Crippen LogP contribution in [0.1, 0.15) is 19.4 Å². The summed E-state index contributed by atoms with van der Waals surface area (Å²) in [6, 6.07) is 7.63. The lowest BCUT2D eigenvalue weighted by Crippen LogP contribution is -2.00. The normalized spacial score (nSPS) is 10.2. The number of anilines is 3. The van der Waals surface area contributed by atoms with Crippen molar-refractivity contribution in [3.63, 3.8) is 0 Å².